The molecule has 36 heavy (non-hydrogen) atoms. The summed E-state index contributed by atoms with van der Waals surface area (Å²) < 4.78 is 21.8. The minimum atomic E-state index is -1.71. The summed E-state index contributed by atoms with van der Waals surface area (Å²) in [6.07, 6.45) is -8.42. The van der Waals surface area contributed by atoms with E-state index < -0.39 is 55.2 Å². The lowest BCUT2D eigenvalue weighted by molar-refractivity contribution is -0.234. The fourth-order valence-corrected chi connectivity index (χ4v) is 4.30. The lowest BCUT2D eigenvalue weighted by Gasteiger charge is -2.41. The highest BCUT2D eigenvalue weighted by atomic mass is 16.6. The second-order valence-electron chi connectivity index (χ2n) is 8.64. The van der Waals surface area contributed by atoms with Gasteiger partial charge in [-0.05, 0) is 29.8 Å². The number of carbonyl (C=O) groups is 3. The van der Waals surface area contributed by atoms with E-state index in [0.29, 0.717) is 11.3 Å². The zero-order valence-corrected chi connectivity index (χ0v) is 19.5. The molecule has 0 saturated carbocycles. The van der Waals surface area contributed by atoms with E-state index in [1.807, 2.05) is 0 Å². The Morgan fingerprint density at radius 2 is 1.67 bits per heavy atom. The number of aliphatic hydroxyl groups is 3. The van der Waals surface area contributed by atoms with E-state index in [1.54, 1.807) is 24.3 Å². The monoisotopic (exact) mass is 502 g/mol. The molecule has 2 aliphatic heterocycles. The summed E-state index contributed by atoms with van der Waals surface area (Å²) in [6.45, 7) is 2.02. The molecule has 1 fully saturated rings. The number of ketones is 1. The van der Waals surface area contributed by atoms with Gasteiger partial charge in [0.05, 0.1) is 17.5 Å². The van der Waals surface area contributed by atoms with Crippen molar-refractivity contribution in [2.75, 3.05) is 6.61 Å². The summed E-state index contributed by atoms with van der Waals surface area (Å²) >= 11 is 0. The minimum Gasteiger partial charge on any atom is -0.507 e. The summed E-state index contributed by atoms with van der Waals surface area (Å²) in [5.74, 6) is -1.51. The molecule has 0 unspecified atom stereocenters. The highest BCUT2D eigenvalue weighted by Crippen LogP contribution is 2.47. The van der Waals surface area contributed by atoms with E-state index in [0.717, 1.165) is 6.92 Å². The van der Waals surface area contributed by atoms with Gasteiger partial charge in [0, 0.05) is 13.8 Å². The quantitative estimate of drug-likeness (QED) is 0.341. The van der Waals surface area contributed by atoms with Crippen LogP contribution in [0.4, 0.5) is 0 Å². The molecule has 0 aromatic heterocycles. The van der Waals surface area contributed by atoms with Crippen molar-refractivity contribution in [2.45, 2.75) is 56.9 Å². The number of fused-ring (bicyclic) bond motifs is 1. The Bertz CT molecular complexity index is 1160. The molecular weight excluding hydrogens is 476 g/mol. The third-order valence-corrected chi connectivity index (χ3v) is 6.07. The van der Waals surface area contributed by atoms with Crippen molar-refractivity contribution in [3.63, 3.8) is 0 Å². The first kappa shape index (κ1) is 25.6. The number of benzene rings is 2. The van der Waals surface area contributed by atoms with Crippen LogP contribution < -0.4 is 9.47 Å². The van der Waals surface area contributed by atoms with Crippen LogP contribution in [0.3, 0.4) is 0 Å². The van der Waals surface area contributed by atoms with Gasteiger partial charge in [0.25, 0.3) is 0 Å². The Kier molecular flexibility index (Phi) is 7.27. The number of aromatic hydroxyl groups is 1. The van der Waals surface area contributed by atoms with Crippen LogP contribution in [0.5, 0.6) is 17.2 Å². The first-order valence-electron chi connectivity index (χ1n) is 11.2. The molecule has 6 atom stereocenters. The van der Waals surface area contributed by atoms with Crippen LogP contribution in [0.2, 0.25) is 0 Å². The number of hydrogen-bond donors (Lipinski definition) is 4. The third-order valence-electron chi connectivity index (χ3n) is 6.07. The van der Waals surface area contributed by atoms with Crippen molar-refractivity contribution in [1.29, 1.82) is 0 Å². The van der Waals surface area contributed by atoms with Crippen molar-refractivity contribution in [1.82, 2.24) is 0 Å². The number of Topliss-reactive ketones (excluding diaryl/α,β-unsaturated/α-hetero) is 1. The van der Waals surface area contributed by atoms with Crippen molar-refractivity contribution in [3.8, 4) is 17.2 Å². The van der Waals surface area contributed by atoms with Gasteiger partial charge in [0.1, 0.15) is 60.5 Å². The molecule has 2 aliphatic rings. The fourth-order valence-electron chi connectivity index (χ4n) is 4.30. The Morgan fingerprint density at radius 3 is 2.31 bits per heavy atom. The third kappa shape index (κ3) is 5.05. The van der Waals surface area contributed by atoms with Crippen LogP contribution in [0, 0.1) is 0 Å². The van der Waals surface area contributed by atoms with E-state index >= 15 is 0 Å². The number of hydrogen-bond acceptors (Lipinski definition) is 11. The lowest BCUT2D eigenvalue weighted by atomic mass is 9.87. The van der Waals surface area contributed by atoms with Crippen LogP contribution in [-0.2, 0) is 19.1 Å². The average Bonchev–Trinajstić information content (AvgIpc) is 2.82. The average molecular weight is 502 g/mol. The highest BCUT2D eigenvalue weighted by Gasteiger charge is 2.47. The number of rotatable bonds is 5. The maximum atomic E-state index is 13.0. The Morgan fingerprint density at radius 1 is 0.972 bits per heavy atom. The number of ether oxygens (including phenoxy) is 4. The second-order valence-corrected chi connectivity index (χ2v) is 8.64. The van der Waals surface area contributed by atoms with Gasteiger partial charge in [-0.2, -0.15) is 0 Å². The summed E-state index contributed by atoms with van der Waals surface area (Å²) in [5.41, 5.74) is 0.643. The van der Waals surface area contributed by atoms with E-state index in [2.05, 4.69) is 0 Å². The van der Waals surface area contributed by atoms with Crippen LogP contribution in [-0.4, -0.2) is 69.2 Å². The van der Waals surface area contributed by atoms with Gasteiger partial charge in [-0.3, -0.25) is 14.4 Å². The molecule has 0 spiro atoms. The summed E-state index contributed by atoms with van der Waals surface area (Å²) in [4.78, 5) is 35.4. The maximum absolute atomic E-state index is 13.0. The molecule has 0 amide bonds. The standard InChI is InChI=1S/C25H26O11/c1-11(26)33-10-19-21(30)22(31)23(32)25(36-19)20-16(28)8-7-15-17(29)9-18(35-24(15)20)13-3-5-14(6-4-13)34-12(2)27/h3-8,18-19,21-23,25,28,30-32H,9-10H2,1-2H3/t18-,19-,21-,22+,23-,25+/m1/s1. The van der Waals surface area contributed by atoms with Gasteiger partial charge in [-0.1, -0.05) is 12.1 Å². The molecule has 4 rings (SSSR count). The van der Waals surface area contributed by atoms with Gasteiger partial charge < -0.3 is 39.4 Å². The number of esters is 2. The maximum Gasteiger partial charge on any atom is 0.308 e. The number of phenolic OH excluding ortho intramolecular Hbond substituents is 1. The SMILES string of the molecule is CC(=O)OC[C@H]1O[C@@H](c2c(O)ccc3c2O[C@@H](c2ccc(OC(C)=O)cc2)CC3=O)[C@H](O)[C@@H](O)[C@@H]1O. The predicted octanol–water partition coefficient (Wildman–Crippen LogP) is 1.11. The van der Waals surface area contributed by atoms with Gasteiger partial charge >= 0.3 is 11.9 Å². The van der Waals surface area contributed by atoms with Gasteiger partial charge in [-0.15, -0.1) is 0 Å². The normalized spacial score (nSPS) is 27.5. The largest absolute Gasteiger partial charge is 0.507 e. The molecule has 0 bridgehead atoms. The molecular formula is C25H26O11. The molecule has 2 aromatic rings. The zero-order chi connectivity index (χ0) is 26.1. The topological polar surface area (TPSA) is 169 Å². The molecule has 0 aliphatic carbocycles. The van der Waals surface area contributed by atoms with Crippen molar-refractivity contribution < 1.29 is 53.8 Å². The number of phenols is 1. The molecule has 1 saturated heterocycles. The van der Waals surface area contributed by atoms with E-state index in [4.69, 9.17) is 18.9 Å². The van der Waals surface area contributed by atoms with Crippen LogP contribution in [0.25, 0.3) is 0 Å². The molecule has 2 heterocycles. The van der Waals surface area contributed by atoms with Gasteiger partial charge in [0.15, 0.2) is 5.78 Å². The Hall–Kier alpha value is -3.51. The molecule has 0 radical (unpaired) electrons. The smallest absolute Gasteiger partial charge is 0.308 e. The highest BCUT2D eigenvalue weighted by molar-refractivity contribution is 6.00. The Labute approximate surface area is 205 Å². The van der Waals surface area contributed by atoms with Crippen molar-refractivity contribution in [3.05, 3.63) is 53.1 Å². The molecule has 11 heteroatoms. The molecule has 192 valence electrons. The lowest BCUT2D eigenvalue weighted by Crippen LogP contribution is -2.55. The molecule has 2 aromatic carbocycles. The Balaban J connectivity index is 1.68. The van der Waals surface area contributed by atoms with Gasteiger partial charge in [0.2, 0.25) is 0 Å². The number of aliphatic hydroxyl groups excluding tert-OH is 3. The summed E-state index contributed by atoms with van der Waals surface area (Å²) in [5, 5.41) is 42.1. The predicted molar refractivity (Wildman–Crippen MR) is 120 cm³/mol. The number of carbonyl (C=O) groups excluding carboxylic acids is 3. The first-order chi connectivity index (χ1) is 17.1. The van der Waals surface area contributed by atoms with Crippen molar-refractivity contribution in [2.24, 2.45) is 0 Å². The summed E-state index contributed by atoms with van der Waals surface area (Å²) in [6, 6.07) is 8.99. The second kappa shape index (κ2) is 10.2. The van der Waals surface area contributed by atoms with E-state index in [-0.39, 0.29) is 34.8 Å². The van der Waals surface area contributed by atoms with E-state index in [9.17, 15) is 34.8 Å². The zero-order valence-electron chi connectivity index (χ0n) is 19.5. The fraction of sp³-hybridized carbons (Fsp3) is 0.400. The van der Waals surface area contributed by atoms with Crippen LogP contribution in [0.1, 0.15) is 54.0 Å². The van der Waals surface area contributed by atoms with Crippen LogP contribution in [0.15, 0.2) is 36.4 Å². The van der Waals surface area contributed by atoms with Crippen LogP contribution >= 0.6 is 0 Å². The summed E-state index contributed by atoms with van der Waals surface area (Å²) in [7, 11) is 0. The first-order valence-corrected chi connectivity index (χ1v) is 11.2. The van der Waals surface area contributed by atoms with Crippen molar-refractivity contribution >= 4 is 17.7 Å². The minimum absolute atomic E-state index is 0.0192. The van der Waals surface area contributed by atoms with E-state index in [1.165, 1.54) is 19.1 Å². The van der Waals surface area contributed by atoms with Gasteiger partial charge in [-0.25, -0.2) is 0 Å². The molecule has 4 N–H and O–H groups in total. The molecule has 11 nitrogen and oxygen atoms in total.